The summed E-state index contributed by atoms with van der Waals surface area (Å²) in [5.41, 5.74) is 4.60. The molecule has 1 aliphatic rings. The zero-order valence-corrected chi connectivity index (χ0v) is 16.2. The third kappa shape index (κ3) is 4.78. The molecule has 2 N–H and O–H groups in total. The molecule has 1 saturated heterocycles. The third-order valence-corrected chi connectivity index (χ3v) is 5.12. The predicted octanol–water partition coefficient (Wildman–Crippen LogP) is 2.08. The summed E-state index contributed by atoms with van der Waals surface area (Å²) in [7, 11) is -4.27. The van der Waals surface area contributed by atoms with Gasteiger partial charge in [-0.3, -0.25) is 14.4 Å². The van der Waals surface area contributed by atoms with Crippen molar-refractivity contribution in [3.05, 3.63) is 40.8 Å². The molecule has 0 amide bonds. The largest absolute Gasteiger partial charge is 0.493 e. The molecule has 1 fully saturated rings. The van der Waals surface area contributed by atoms with Gasteiger partial charge in [0.15, 0.2) is 0 Å². The predicted molar refractivity (Wildman–Crippen MR) is 97.9 cm³/mol. The van der Waals surface area contributed by atoms with Gasteiger partial charge >= 0.3 is 0 Å². The lowest BCUT2D eigenvalue weighted by atomic mass is 10.1. The molecule has 1 atom stereocenters. The van der Waals surface area contributed by atoms with Crippen LogP contribution in [0.5, 0.6) is 5.75 Å². The highest BCUT2D eigenvalue weighted by Crippen LogP contribution is 2.30. The number of aryl methyl sites for hydroxylation is 4. The zero-order chi connectivity index (χ0) is 19.6. The molecule has 27 heavy (non-hydrogen) atoms. The lowest BCUT2D eigenvalue weighted by Gasteiger charge is -2.19. The Morgan fingerprint density at radius 3 is 2.56 bits per heavy atom. The van der Waals surface area contributed by atoms with Crippen LogP contribution in [0.4, 0.5) is 5.69 Å². The maximum atomic E-state index is 11.2. The summed E-state index contributed by atoms with van der Waals surface area (Å²) >= 11 is 0. The number of nitrogens with one attached hydrogen (secondary N) is 1. The van der Waals surface area contributed by atoms with Crippen LogP contribution < -0.4 is 15.3 Å². The number of rotatable bonds is 7. The molecular weight excluding hydrogens is 374 g/mol. The fraction of sp³-hybridized carbons (Fsp3) is 0.471. The summed E-state index contributed by atoms with van der Waals surface area (Å²) in [5, 5.41) is 5.38. The molecule has 2 aromatic rings. The van der Waals surface area contributed by atoms with Crippen LogP contribution in [-0.2, 0) is 21.4 Å². The van der Waals surface area contributed by atoms with Crippen molar-refractivity contribution >= 4 is 15.8 Å². The normalized spacial score (nSPS) is 17.5. The Hall–Kier alpha value is -2.14. The minimum absolute atomic E-state index is 0.0193. The second-order valence-electron chi connectivity index (χ2n) is 6.56. The molecule has 1 aromatic heterocycles. The number of aromatic nitrogens is 1. The van der Waals surface area contributed by atoms with Crippen molar-refractivity contribution in [2.45, 2.75) is 39.0 Å². The van der Waals surface area contributed by atoms with Crippen molar-refractivity contribution in [1.82, 2.24) is 10.7 Å². The highest BCUT2D eigenvalue weighted by Gasteiger charge is 2.33. The number of anilines is 1. The van der Waals surface area contributed by atoms with Gasteiger partial charge in [-0.25, -0.2) is 0 Å². The quantitative estimate of drug-likeness (QED) is 0.535. The monoisotopic (exact) mass is 397 g/mol. The molecule has 1 aliphatic heterocycles. The van der Waals surface area contributed by atoms with Crippen molar-refractivity contribution in [3.8, 4) is 5.75 Å². The molecule has 0 spiro atoms. The smallest absolute Gasteiger partial charge is 0.296 e. The summed E-state index contributed by atoms with van der Waals surface area (Å²) in [4.78, 5) is 4.91. The first-order valence-corrected chi connectivity index (χ1v) is 10.1. The molecule has 1 aromatic carbocycles. The van der Waals surface area contributed by atoms with E-state index >= 15 is 0 Å². The number of hydrogen-bond donors (Lipinski definition) is 2. The van der Waals surface area contributed by atoms with Gasteiger partial charge in [-0.05, 0) is 50.5 Å². The molecule has 0 saturated carbocycles. The second kappa shape index (κ2) is 7.85. The van der Waals surface area contributed by atoms with Gasteiger partial charge in [0.05, 0.1) is 24.5 Å². The molecule has 2 heterocycles. The number of benzene rings is 1. The number of hydrazine groups is 1. The van der Waals surface area contributed by atoms with Gasteiger partial charge < -0.3 is 9.26 Å². The summed E-state index contributed by atoms with van der Waals surface area (Å²) in [6.07, 6.45) is 1.55. The van der Waals surface area contributed by atoms with E-state index in [1.54, 1.807) is 0 Å². The highest BCUT2D eigenvalue weighted by molar-refractivity contribution is 7.86. The number of ether oxygens (including phenoxy) is 1. The van der Waals surface area contributed by atoms with Gasteiger partial charge in [-0.2, -0.15) is 8.42 Å². The average molecular weight is 397 g/mol. The van der Waals surface area contributed by atoms with E-state index in [2.05, 4.69) is 10.7 Å². The van der Waals surface area contributed by atoms with Gasteiger partial charge in [-0.15, -0.1) is 5.59 Å². The first-order valence-electron chi connectivity index (χ1n) is 8.55. The van der Waals surface area contributed by atoms with E-state index in [1.807, 2.05) is 39.0 Å². The minimum atomic E-state index is -4.27. The maximum Gasteiger partial charge on any atom is 0.296 e. The Morgan fingerprint density at radius 1 is 1.30 bits per heavy atom. The van der Waals surface area contributed by atoms with E-state index in [9.17, 15) is 8.42 Å². The highest BCUT2D eigenvalue weighted by atomic mass is 32.2. The van der Waals surface area contributed by atoms with Gasteiger partial charge in [0.25, 0.3) is 10.1 Å². The van der Waals surface area contributed by atoms with Crippen LogP contribution >= 0.6 is 0 Å². The Balaban J connectivity index is 1.60. The first-order chi connectivity index (χ1) is 12.7. The summed E-state index contributed by atoms with van der Waals surface area (Å²) in [6, 6.07) is 5.64. The van der Waals surface area contributed by atoms with Crippen LogP contribution in [0.1, 0.15) is 29.0 Å². The van der Waals surface area contributed by atoms with Crippen molar-refractivity contribution in [1.29, 1.82) is 0 Å². The second-order valence-corrected chi connectivity index (χ2v) is 8.12. The van der Waals surface area contributed by atoms with E-state index < -0.39 is 15.6 Å². The van der Waals surface area contributed by atoms with Crippen LogP contribution in [-0.4, -0.2) is 36.7 Å². The standard InChI is InChI=1S/C17H23N3O6S/c1-11-7-14(20-10-16(26-19-20)27(21,22)23)8-12(2)17(11)24-6-4-5-15-9-13(3)18-25-15/h7-9,16,19H,4-6,10H2,1-3H3,(H,21,22,23). The van der Waals surface area contributed by atoms with E-state index in [1.165, 1.54) is 5.01 Å². The minimum Gasteiger partial charge on any atom is -0.493 e. The van der Waals surface area contributed by atoms with Crippen molar-refractivity contribution in [3.63, 3.8) is 0 Å². The molecule has 1 unspecified atom stereocenters. The van der Waals surface area contributed by atoms with E-state index in [4.69, 9.17) is 18.7 Å². The van der Waals surface area contributed by atoms with Crippen LogP contribution in [0, 0.1) is 20.8 Å². The Bertz CT molecular complexity index is 888. The Kier molecular flexibility index (Phi) is 5.70. The summed E-state index contributed by atoms with van der Waals surface area (Å²) < 4.78 is 42.6. The lowest BCUT2D eigenvalue weighted by molar-refractivity contribution is 0.0705. The summed E-state index contributed by atoms with van der Waals surface area (Å²) in [6.45, 7) is 6.24. The zero-order valence-electron chi connectivity index (χ0n) is 15.4. The van der Waals surface area contributed by atoms with Gasteiger partial charge in [0.1, 0.15) is 11.5 Å². The number of nitrogens with zero attached hydrogens (tertiary/aromatic N) is 2. The molecule has 0 radical (unpaired) electrons. The van der Waals surface area contributed by atoms with Gasteiger partial charge in [0.2, 0.25) is 5.44 Å². The lowest BCUT2D eigenvalue weighted by Crippen LogP contribution is -2.30. The van der Waals surface area contributed by atoms with E-state index in [0.717, 1.165) is 46.9 Å². The summed E-state index contributed by atoms with van der Waals surface area (Å²) in [5.74, 6) is 1.63. The molecule has 0 aliphatic carbocycles. The topological polar surface area (TPSA) is 114 Å². The fourth-order valence-corrected chi connectivity index (χ4v) is 3.43. The molecule has 0 bridgehead atoms. The molecular formula is C17H23N3O6S. The molecule has 10 heteroatoms. The fourth-order valence-electron chi connectivity index (χ4n) is 2.92. The van der Waals surface area contributed by atoms with Gasteiger partial charge in [-0.1, -0.05) is 5.16 Å². The van der Waals surface area contributed by atoms with Crippen molar-refractivity contribution < 1.29 is 27.1 Å². The van der Waals surface area contributed by atoms with Crippen LogP contribution in [0.2, 0.25) is 0 Å². The van der Waals surface area contributed by atoms with Crippen LogP contribution in [0.15, 0.2) is 22.7 Å². The molecule has 3 rings (SSSR count). The third-order valence-electron chi connectivity index (χ3n) is 4.21. The Labute approximate surface area is 157 Å². The Morgan fingerprint density at radius 2 is 2.00 bits per heavy atom. The van der Waals surface area contributed by atoms with Crippen molar-refractivity contribution in [2.24, 2.45) is 0 Å². The average Bonchev–Trinajstić information content (AvgIpc) is 3.22. The maximum absolute atomic E-state index is 11.2. The van der Waals surface area contributed by atoms with E-state index in [-0.39, 0.29) is 6.54 Å². The first kappa shape index (κ1) is 19.6. The van der Waals surface area contributed by atoms with Crippen LogP contribution in [0.25, 0.3) is 0 Å². The molecule has 9 nitrogen and oxygen atoms in total. The van der Waals surface area contributed by atoms with Crippen LogP contribution in [0.3, 0.4) is 0 Å². The van der Waals surface area contributed by atoms with Gasteiger partial charge in [0, 0.05) is 12.5 Å². The van der Waals surface area contributed by atoms with E-state index in [0.29, 0.717) is 6.61 Å². The SMILES string of the molecule is Cc1cc(CCCOc2c(C)cc(N3CC(S(=O)(=O)O)ON3)cc2C)on1. The number of hydrogen-bond acceptors (Lipinski definition) is 8. The van der Waals surface area contributed by atoms with Crippen molar-refractivity contribution in [2.75, 3.05) is 18.2 Å². The molecule has 148 valence electrons.